The molecule has 0 bridgehead atoms. The van der Waals surface area contributed by atoms with Crippen LogP contribution >= 0.6 is 0 Å². The quantitative estimate of drug-likeness (QED) is 0.530. The van der Waals surface area contributed by atoms with Crippen LogP contribution in [0, 0.1) is 10.1 Å². The molecule has 1 heterocycles. The van der Waals surface area contributed by atoms with E-state index in [4.69, 9.17) is 5.11 Å². The lowest BCUT2D eigenvalue weighted by atomic mass is 10.0. The molecule has 0 aliphatic carbocycles. The number of rotatable bonds is 7. The number of nitrogens with zero attached hydrogens (tertiary/aromatic N) is 1. The van der Waals surface area contributed by atoms with Crippen LogP contribution in [0.5, 0.6) is 0 Å². The van der Waals surface area contributed by atoms with Crippen LogP contribution in [0.1, 0.15) is 41.4 Å². The molecule has 0 aliphatic heterocycles. The SMILES string of the molecule is CCCc1cc([N+](=O)[O-])c2[nH]c(C(=O)O)c(CCC(=O)O)c2c1. The van der Waals surface area contributed by atoms with Gasteiger partial charge in [-0.25, -0.2) is 4.79 Å². The summed E-state index contributed by atoms with van der Waals surface area (Å²) in [5.74, 6) is -2.33. The van der Waals surface area contributed by atoms with E-state index in [2.05, 4.69) is 4.98 Å². The minimum absolute atomic E-state index is 0.0102. The number of aryl methyl sites for hydroxylation is 2. The molecule has 0 saturated carbocycles. The summed E-state index contributed by atoms with van der Waals surface area (Å²) < 4.78 is 0. The number of nitro groups is 1. The number of H-pyrrole nitrogens is 1. The average Bonchev–Trinajstić information content (AvgIpc) is 2.83. The number of aromatic amines is 1. The molecule has 0 radical (unpaired) electrons. The van der Waals surface area contributed by atoms with Gasteiger partial charge in [0.2, 0.25) is 0 Å². The van der Waals surface area contributed by atoms with Crippen LogP contribution in [-0.2, 0) is 17.6 Å². The minimum atomic E-state index is -1.27. The highest BCUT2D eigenvalue weighted by molar-refractivity contribution is 6.01. The monoisotopic (exact) mass is 320 g/mol. The van der Waals surface area contributed by atoms with Crippen LogP contribution in [0.2, 0.25) is 0 Å². The maximum absolute atomic E-state index is 11.4. The number of hydrogen-bond donors (Lipinski definition) is 3. The smallest absolute Gasteiger partial charge is 0.352 e. The predicted octanol–water partition coefficient (Wildman–Crippen LogP) is 2.74. The van der Waals surface area contributed by atoms with E-state index in [1.165, 1.54) is 6.07 Å². The number of carbonyl (C=O) groups is 2. The molecule has 8 heteroatoms. The van der Waals surface area contributed by atoms with E-state index >= 15 is 0 Å². The summed E-state index contributed by atoms with van der Waals surface area (Å²) in [6.45, 7) is 1.93. The summed E-state index contributed by atoms with van der Waals surface area (Å²) in [5.41, 5.74) is 0.732. The van der Waals surface area contributed by atoms with Crippen LogP contribution in [0.15, 0.2) is 12.1 Å². The Morgan fingerprint density at radius 2 is 1.96 bits per heavy atom. The van der Waals surface area contributed by atoms with Crippen LogP contribution < -0.4 is 0 Å². The summed E-state index contributed by atoms with van der Waals surface area (Å²) in [4.78, 5) is 35.4. The number of aliphatic carboxylic acids is 1. The van der Waals surface area contributed by atoms with Crippen LogP contribution in [0.3, 0.4) is 0 Å². The zero-order chi connectivity index (χ0) is 17.1. The first-order valence-electron chi connectivity index (χ1n) is 7.12. The molecular weight excluding hydrogens is 304 g/mol. The Kier molecular flexibility index (Phi) is 4.63. The van der Waals surface area contributed by atoms with Gasteiger partial charge in [-0.2, -0.15) is 0 Å². The lowest BCUT2D eigenvalue weighted by Gasteiger charge is -2.03. The highest BCUT2D eigenvalue weighted by atomic mass is 16.6. The van der Waals surface area contributed by atoms with Crippen molar-refractivity contribution in [3.8, 4) is 0 Å². The largest absolute Gasteiger partial charge is 0.481 e. The topological polar surface area (TPSA) is 134 Å². The van der Waals surface area contributed by atoms with Gasteiger partial charge in [0.1, 0.15) is 11.2 Å². The molecule has 3 N–H and O–H groups in total. The number of benzene rings is 1. The lowest BCUT2D eigenvalue weighted by Crippen LogP contribution is -2.04. The number of fused-ring (bicyclic) bond motifs is 1. The van der Waals surface area contributed by atoms with E-state index in [0.29, 0.717) is 11.8 Å². The van der Waals surface area contributed by atoms with E-state index in [9.17, 15) is 24.8 Å². The summed E-state index contributed by atoms with van der Waals surface area (Å²) in [5, 5.41) is 29.8. The molecule has 0 unspecified atom stereocenters. The molecule has 0 spiro atoms. The molecule has 8 nitrogen and oxygen atoms in total. The molecule has 0 atom stereocenters. The van der Waals surface area contributed by atoms with Gasteiger partial charge in [-0.05, 0) is 30.0 Å². The predicted molar refractivity (Wildman–Crippen MR) is 81.9 cm³/mol. The number of nitrogens with one attached hydrogen (secondary N) is 1. The summed E-state index contributed by atoms with van der Waals surface area (Å²) in [6, 6.07) is 3.13. The minimum Gasteiger partial charge on any atom is -0.481 e. The Balaban J connectivity index is 2.73. The number of carboxylic acids is 2. The van der Waals surface area contributed by atoms with Gasteiger partial charge < -0.3 is 15.2 Å². The second-order valence-electron chi connectivity index (χ2n) is 5.22. The lowest BCUT2D eigenvalue weighted by molar-refractivity contribution is -0.383. The zero-order valence-electron chi connectivity index (χ0n) is 12.5. The first-order chi connectivity index (χ1) is 10.8. The van der Waals surface area contributed by atoms with E-state index in [0.717, 1.165) is 12.0 Å². The van der Waals surface area contributed by atoms with Crippen molar-refractivity contribution in [1.82, 2.24) is 4.98 Å². The van der Waals surface area contributed by atoms with Crippen molar-refractivity contribution in [2.45, 2.75) is 32.6 Å². The molecular formula is C15H16N2O6. The molecule has 0 aliphatic rings. The molecule has 0 fully saturated rings. The van der Waals surface area contributed by atoms with Gasteiger partial charge in [-0.3, -0.25) is 14.9 Å². The first-order valence-corrected chi connectivity index (χ1v) is 7.12. The molecule has 1 aromatic carbocycles. The van der Waals surface area contributed by atoms with Gasteiger partial charge in [0, 0.05) is 17.9 Å². The van der Waals surface area contributed by atoms with Gasteiger partial charge in [0.25, 0.3) is 5.69 Å². The number of hydrogen-bond acceptors (Lipinski definition) is 4. The first kappa shape index (κ1) is 16.5. The van der Waals surface area contributed by atoms with Gasteiger partial charge >= 0.3 is 11.9 Å². The van der Waals surface area contributed by atoms with Crippen LogP contribution in [-0.4, -0.2) is 32.1 Å². The summed E-state index contributed by atoms with van der Waals surface area (Å²) in [6.07, 6.45) is 1.13. The van der Waals surface area contributed by atoms with Gasteiger partial charge in [0.15, 0.2) is 0 Å². The second-order valence-corrected chi connectivity index (χ2v) is 5.22. The highest BCUT2D eigenvalue weighted by Gasteiger charge is 2.24. The Morgan fingerprint density at radius 3 is 2.48 bits per heavy atom. The van der Waals surface area contributed by atoms with E-state index in [1.807, 2.05) is 6.92 Å². The molecule has 1 aromatic heterocycles. The average molecular weight is 320 g/mol. The second kappa shape index (κ2) is 6.47. The van der Waals surface area contributed by atoms with Crippen LogP contribution in [0.25, 0.3) is 10.9 Å². The van der Waals surface area contributed by atoms with Crippen molar-refractivity contribution in [2.75, 3.05) is 0 Å². The molecule has 0 saturated heterocycles. The standard InChI is InChI=1S/C15H16N2O6/c1-2-3-8-6-10-9(4-5-12(18)19)14(15(20)21)16-13(10)11(7-8)17(22)23/h6-7,16H,2-5H2,1H3,(H,18,19)(H,20,21). The van der Waals surface area contributed by atoms with Crippen molar-refractivity contribution < 1.29 is 24.7 Å². The fourth-order valence-electron chi connectivity index (χ4n) is 2.64. The van der Waals surface area contributed by atoms with Crippen molar-refractivity contribution in [2.24, 2.45) is 0 Å². The van der Waals surface area contributed by atoms with Gasteiger partial charge in [-0.15, -0.1) is 0 Å². The van der Waals surface area contributed by atoms with Crippen molar-refractivity contribution >= 4 is 28.5 Å². The van der Waals surface area contributed by atoms with Crippen LogP contribution in [0.4, 0.5) is 5.69 Å². The van der Waals surface area contributed by atoms with Crippen molar-refractivity contribution in [3.63, 3.8) is 0 Å². The van der Waals surface area contributed by atoms with E-state index < -0.39 is 16.9 Å². The van der Waals surface area contributed by atoms with E-state index in [1.54, 1.807) is 6.07 Å². The molecule has 2 aromatic rings. The third kappa shape index (κ3) is 3.31. The molecule has 23 heavy (non-hydrogen) atoms. The molecule has 122 valence electrons. The fourth-order valence-corrected chi connectivity index (χ4v) is 2.64. The van der Waals surface area contributed by atoms with Crippen molar-refractivity contribution in [1.29, 1.82) is 0 Å². The number of aromatic nitrogens is 1. The zero-order valence-corrected chi connectivity index (χ0v) is 12.5. The van der Waals surface area contributed by atoms with Crippen molar-refractivity contribution in [3.05, 3.63) is 39.1 Å². The molecule has 0 amide bonds. The maximum Gasteiger partial charge on any atom is 0.352 e. The third-order valence-corrected chi connectivity index (χ3v) is 3.59. The molecule has 2 rings (SSSR count). The van der Waals surface area contributed by atoms with Gasteiger partial charge in [-0.1, -0.05) is 13.3 Å². The summed E-state index contributed by atoms with van der Waals surface area (Å²) >= 11 is 0. The third-order valence-electron chi connectivity index (χ3n) is 3.59. The number of carboxylic acid groups (broad SMARTS) is 2. The van der Waals surface area contributed by atoms with E-state index in [-0.39, 0.29) is 35.3 Å². The maximum atomic E-state index is 11.4. The number of aromatic carboxylic acids is 1. The van der Waals surface area contributed by atoms with Gasteiger partial charge in [0.05, 0.1) is 4.92 Å². The number of nitro benzene ring substituents is 1. The Hall–Kier alpha value is -2.90. The summed E-state index contributed by atoms with van der Waals surface area (Å²) in [7, 11) is 0. The fraction of sp³-hybridized carbons (Fsp3) is 0.333. The Bertz CT molecular complexity index is 793. The highest BCUT2D eigenvalue weighted by Crippen LogP contribution is 2.32. The Morgan fingerprint density at radius 1 is 1.26 bits per heavy atom. The number of non-ortho nitro benzene ring substituents is 1. The normalized spacial score (nSPS) is 10.8. The Labute approximate surface area is 130 Å².